The Morgan fingerprint density at radius 3 is 2.52 bits per heavy atom. The van der Waals surface area contributed by atoms with Crippen LogP contribution in [0.5, 0.6) is 11.5 Å². The maximum absolute atomic E-state index is 11.5. The Morgan fingerprint density at radius 2 is 1.91 bits per heavy atom. The monoisotopic (exact) mass is 312 g/mol. The van der Waals surface area contributed by atoms with E-state index in [1.165, 1.54) is 6.07 Å². The van der Waals surface area contributed by atoms with Crippen molar-refractivity contribution in [3.05, 3.63) is 57.8 Å². The number of aromatic hydroxyl groups is 1. The van der Waals surface area contributed by atoms with Crippen LogP contribution >= 0.6 is 0 Å². The van der Waals surface area contributed by atoms with Gasteiger partial charge in [-0.3, -0.25) is 10.1 Å². The highest BCUT2D eigenvalue weighted by Gasteiger charge is 2.24. The SMILES string of the molecule is COc1ccc(-n2c(C)c([N+](=O)[O-])c3ccc(O)cc32)c(C)c1. The molecule has 0 aliphatic rings. The molecular formula is C17H16N2O4. The lowest BCUT2D eigenvalue weighted by molar-refractivity contribution is -0.383. The standard InChI is InChI=1S/C17H16N2O4/c1-10-8-13(23-3)5-7-15(10)18-11(2)17(19(21)22)14-6-4-12(20)9-16(14)18/h4-9,20H,1-3H3. The Labute approximate surface area is 132 Å². The zero-order valence-corrected chi connectivity index (χ0v) is 13.0. The maximum atomic E-state index is 11.5. The fourth-order valence-corrected chi connectivity index (χ4v) is 2.93. The van der Waals surface area contributed by atoms with E-state index in [2.05, 4.69) is 0 Å². The number of hydrogen-bond donors (Lipinski definition) is 1. The van der Waals surface area contributed by atoms with Gasteiger partial charge in [0.1, 0.15) is 11.5 Å². The molecule has 118 valence electrons. The van der Waals surface area contributed by atoms with Crippen molar-refractivity contribution < 1.29 is 14.8 Å². The molecule has 0 atom stereocenters. The van der Waals surface area contributed by atoms with Gasteiger partial charge in [-0.2, -0.15) is 0 Å². The highest BCUT2D eigenvalue weighted by atomic mass is 16.6. The van der Waals surface area contributed by atoms with E-state index in [9.17, 15) is 15.2 Å². The second-order valence-corrected chi connectivity index (χ2v) is 5.38. The summed E-state index contributed by atoms with van der Waals surface area (Å²) < 4.78 is 7.00. The van der Waals surface area contributed by atoms with Crippen molar-refractivity contribution >= 4 is 16.6 Å². The van der Waals surface area contributed by atoms with Crippen molar-refractivity contribution in [2.75, 3.05) is 7.11 Å². The minimum absolute atomic E-state index is 0.0511. The maximum Gasteiger partial charge on any atom is 0.298 e. The average molecular weight is 312 g/mol. The van der Waals surface area contributed by atoms with Crippen LogP contribution in [0.2, 0.25) is 0 Å². The molecule has 1 N–H and O–H groups in total. The summed E-state index contributed by atoms with van der Waals surface area (Å²) in [4.78, 5) is 11.1. The van der Waals surface area contributed by atoms with Crippen LogP contribution < -0.4 is 4.74 Å². The molecule has 6 nitrogen and oxygen atoms in total. The zero-order valence-electron chi connectivity index (χ0n) is 13.0. The molecule has 0 radical (unpaired) electrons. The molecule has 0 aliphatic carbocycles. The Morgan fingerprint density at radius 1 is 1.17 bits per heavy atom. The largest absolute Gasteiger partial charge is 0.508 e. The predicted octanol–water partition coefficient (Wildman–Crippen LogP) is 3.87. The molecule has 2 aromatic carbocycles. The molecule has 0 saturated carbocycles. The Balaban J connectivity index is 2.39. The van der Waals surface area contributed by atoms with Gasteiger partial charge in [0.25, 0.3) is 5.69 Å². The lowest BCUT2D eigenvalue weighted by Crippen LogP contribution is -2.00. The minimum atomic E-state index is -0.385. The number of phenols is 1. The molecule has 0 bridgehead atoms. The van der Waals surface area contributed by atoms with Crippen molar-refractivity contribution in [3.8, 4) is 17.2 Å². The van der Waals surface area contributed by atoms with E-state index in [-0.39, 0.29) is 16.4 Å². The lowest BCUT2D eigenvalue weighted by atomic mass is 10.1. The molecule has 3 rings (SSSR count). The number of nitrogens with zero attached hydrogens (tertiary/aromatic N) is 2. The zero-order chi connectivity index (χ0) is 16.7. The van der Waals surface area contributed by atoms with Crippen LogP contribution in [-0.4, -0.2) is 21.7 Å². The minimum Gasteiger partial charge on any atom is -0.508 e. The normalized spacial score (nSPS) is 10.9. The van der Waals surface area contributed by atoms with Crippen LogP contribution in [0.4, 0.5) is 5.69 Å². The highest BCUT2D eigenvalue weighted by molar-refractivity contribution is 5.94. The summed E-state index contributed by atoms with van der Waals surface area (Å²) >= 11 is 0. The van der Waals surface area contributed by atoms with Gasteiger partial charge in [-0.1, -0.05) is 0 Å². The summed E-state index contributed by atoms with van der Waals surface area (Å²) in [5, 5.41) is 21.7. The Bertz CT molecular complexity index is 928. The van der Waals surface area contributed by atoms with Gasteiger partial charge >= 0.3 is 0 Å². The number of fused-ring (bicyclic) bond motifs is 1. The number of benzene rings is 2. The van der Waals surface area contributed by atoms with E-state index >= 15 is 0 Å². The fourth-order valence-electron chi connectivity index (χ4n) is 2.93. The lowest BCUT2D eigenvalue weighted by Gasteiger charge is -2.12. The Hall–Kier alpha value is -3.02. The fraction of sp³-hybridized carbons (Fsp3) is 0.176. The first-order valence-electron chi connectivity index (χ1n) is 7.07. The van der Waals surface area contributed by atoms with Crippen LogP contribution in [0.3, 0.4) is 0 Å². The van der Waals surface area contributed by atoms with Gasteiger partial charge in [0.2, 0.25) is 0 Å². The van der Waals surface area contributed by atoms with E-state index in [1.54, 1.807) is 30.7 Å². The predicted molar refractivity (Wildman–Crippen MR) is 87.6 cm³/mol. The van der Waals surface area contributed by atoms with Crippen molar-refractivity contribution in [1.29, 1.82) is 0 Å². The van der Waals surface area contributed by atoms with Crippen LogP contribution in [-0.2, 0) is 0 Å². The van der Waals surface area contributed by atoms with Crippen molar-refractivity contribution in [2.24, 2.45) is 0 Å². The number of aryl methyl sites for hydroxylation is 1. The molecule has 3 aromatic rings. The Kier molecular flexibility index (Phi) is 3.44. The average Bonchev–Trinajstić information content (AvgIpc) is 2.78. The third kappa shape index (κ3) is 2.28. The summed E-state index contributed by atoms with van der Waals surface area (Å²) in [5.74, 6) is 0.787. The molecule has 0 saturated heterocycles. The topological polar surface area (TPSA) is 77.5 Å². The van der Waals surface area contributed by atoms with Gasteiger partial charge in [-0.15, -0.1) is 0 Å². The van der Waals surface area contributed by atoms with Gasteiger partial charge in [0.15, 0.2) is 0 Å². The third-order valence-electron chi connectivity index (χ3n) is 3.98. The molecule has 1 aromatic heterocycles. The number of phenolic OH excluding ortho intramolecular Hbond substituents is 1. The molecule has 0 unspecified atom stereocenters. The molecule has 23 heavy (non-hydrogen) atoms. The van der Waals surface area contributed by atoms with E-state index in [0.29, 0.717) is 16.6 Å². The summed E-state index contributed by atoms with van der Waals surface area (Å²) in [6.45, 7) is 3.62. The molecule has 0 amide bonds. The van der Waals surface area contributed by atoms with Crippen molar-refractivity contribution in [1.82, 2.24) is 4.57 Å². The summed E-state index contributed by atoms with van der Waals surface area (Å²) in [6.07, 6.45) is 0. The van der Waals surface area contributed by atoms with E-state index in [4.69, 9.17) is 4.74 Å². The molecule has 6 heteroatoms. The van der Waals surface area contributed by atoms with Gasteiger partial charge < -0.3 is 14.4 Å². The van der Waals surface area contributed by atoms with Crippen LogP contribution in [0, 0.1) is 24.0 Å². The number of nitro groups is 1. The van der Waals surface area contributed by atoms with Gasteiger partial charge in [0, 0.05) is 11.8 Å². The van der Waals surface area contributed by atoms with Gasteiger partial charge in [-0.25, -0.2) is 0 Å². The summed E-state index contributed by atoms with van der Waals surface area (Å²) in [7, 11) is 1.59. The third-order valence-corrected chi connectivity index (χ3v) is 3.98. The molecule has 1 heterocycles. The second kappa shape index (κ2) is 5.31. The van der Waals surface area contributed by atoms with Gasteiger partial charge in [-0.05, 0) is 49.7 Å². The first-order chi connectivity index (χ1) is 10.9. The molecule has 0 fully saturated rings. The van der Waals surface area contributed by atoms with Gasteiger partial charge in [0.05, 0.1) is 28.6 Å². The molecule has 0 spiro atoms. The molecular weight excluding hydrogens is 296 g/mol. The summed E-state index contributed by atoms with van der Waals surface area (Å²) in [6, 6.07) is 10.1. The smallest absolute Gasteiger partial charge is 0.298 e. The van der Waals surface area contributed by atoms with Crippen LogP contribution in [0.25, 0.3) is 16.6 Å². The number of aromatic nitrogens is 1. The van der Waals surface area contributed by atoms with Crippen LogP contribution in [0.15, 0.2) is 36.4 Å². The van der Waals surface area contributed by atoms with E-state index in [1.807, 2.05) is 25.1 Å². The van der Waals surface area contributed by atoms with E-state index < -0.39 is 0 Å². The number of rotatable bonds is 3. The van der Waals surface area contributed by atoms with Crippen molar-refractivity contribution in [2.45, 2.75) is 13.8 Å². The quantitative estimate of drug-likeness (QED) is 0.588. The summed E-state index contributed by atoms with van der Waals surface area (Å²) in [5.41, 5.74) is 2.90. The highest BCUT2D eigenvalue weighted by Crippen LogP contribution is 2.37. The van der Waals surface area contributed by atoms with Crippen LogP contribution in [0.1, 0.15) is 11.3 Å². The number of ether oxygens (including phenoxy) is 1. The number of methoxy groups -OCH3 is 1. The first-order valence-corrected chi connectivity index (χ1v) is 7.07. The second-order valence-electron chi connectivity index (χ2n) is 5.38. The number of hydrogen-bond acceptors (Lipinski definition) is 4. The van der Waals surface area contributed by atoms with E-state index in [0.717, 1.165) is 17.0 Å². The molecule has 0 aliphatic heterocycles. The van der Waals surface area contributed by atoms with Crippen molar-refractivity contribution in [3.63, 3.8) is 0 Å². The first kappa shape index (κ1) is 14.9.